The highest BCUT2D eigenvalue weighted by atomic mass is 35.8. The van der Waals surface area contributed by atoms with Gasteiger partial charge in [0.25, 0.3) is 0 Å². The Morgan fingerprint density at radius 2 is 1.96 bits per heavy atom. The van der Waals surface area contributed by atoms with Gasteiger partial charge in [0.05, 0.1) is 6.61 Å². The van der Waals surface area contributed by atoms with Crippen molar-refractivity contribution in [1.29, 1.82) is 0 Å². The quantitative estimate of drug-likeness (QED) is 0.285. The summed E-state index contributed by atoms with van der Waals surface area (Å²) in [7, 11) is 0. The number of hydrogen-bond acceptors (Lipinski definition) is 2. The Morgan fingerprint density at radius 1 is 1.17 bits per heavy atom. The molecule has 1 heterocycles. The van der Waals surface area contributed by atoms with Crippen LogP contribution in [0.5, 0.6) is 5.75 Å². The topological polar surface area (TPSA) is 18.5 Å². The second kappa shape index (κ2) is 8.44. The Labute approximate surface area is 154 Å². The molecule has 6 heteroatoms. The highest BCUT2D eigenvalue weighted by molar-refractivity contribution is 7.64. The minimum atomic E-state index is -2.57. The lowest BCUT2D eigenvalue weighted by molar-refractivity contribution is -0.198. The summed E-state index contributed by atoms with van der Waals surface area (Å²) >= 11 is 17.9. The van der Waals surface area contributed by atoms with Gasteiger partial charge in [-0.05, 0) is 36.6 Å². The molecule has 0 aliphatic carbocycles. The van der Waals surface area contributed by atoms with E-state index in [0.29, 0.717) is 12.7 Å². The molecule has 1 aliphatic rings. The summed E-state index contributed by atoms with van der Waals surface area (Å²) in [5.41, 5.74) is 2.25. The predicted molar refractivity (Wildman–Crippen MR) is 101 cm³/mol. The van der Waals surface area contributed by atoms with Gasteiger partial charge in [0.2, 0.25) is 5.79 Å². The van der Waals surface area contributed by atoms with Crippen molar-refractivity contribution in [3.8, 4) is 5.75 Å². The lowest BCUT2D eigenvalue weighted by Crippen LogP contribution is -2.38. The summed E-state index contributed by atoms with van der Waals surface area (Å²) in [6.07, 6.45) is 6.57. The summed E-state index contributed by atoms with van der Waals surface area (Å²) in [5, 5.41) is 0. The van der Waals surface area contributed by atoms with Gasteiger partial charge < -0.3 is 9.47 Å². The van der Waals surface area contributed by atoms with Crippen LogP contribution in [0.4, 0.5) is 0 Å². The van der Waals surface area contributed by atoms with Gasteiger partial charge in [-0.1, -0.05) is 32.3 Å². The SMILES string of the molecule is CCCCCCC1(C)OCc2cc(CC[Si](Cl)(Cl)Cl)ccc2O1. The standard InChI is InChI=1S/C17H25Cl3O2Si/c1-3-4-5-6-10-17(2)21-13-15-12-14(7-8-16(15)22-17)9-11-23(18,19)20/h7-8,12H,3-6,9-11,13H2,1-2H3. The Kier molecular flexibility index (Phi) is 7.12. The van der Waals surface area contributed by atoms with Crippen molar-refractivity contribution in [3.05, 3.63) is 29.3 Å². The van der Waals surface area contributed by atoms with Gasteiger partial charge in [0.15, 0.2) is 0 Å². The maximum Gasteiger partial charge on any atom is 0.341 e. The third kappa shape index (κ3) is 6.47. The summed E-state index contributed by atoms with van der Waals surface area (Å²) in [4.78, 5) is 0. The molecule has 2 nitrogen and oxygen atoms in total. The molecule has 0 bridgehead atoms. The average Bonchev–Trinajstić information content (AvgIpc) is 2.49. The number of aryl methyl sites for hydroxylation is 1. The lowest BCUT2D eigenvalue weighted by Gasteiger charge is -2.36. The van der Waals surface area contributed by atoms with Crippen LogP contribution in [0.1, 0.15) is 57.1 Å². The van der Waals surface area contributed by atoms with E-state index in [-0.39, 0.29) is 0 Å². The normalized spacial score (nSPS) is 20.9. The molecule has 1 unspecified atom stereocenters. The second-order valence-corrected chi connectivity index (χ2v) is 15.7. The second-order valence-electron chi connectivity index (χ2n) is 6.39. The van der Waals surface area contributed by atoms with Crippen LogP contribution in [-0.4, -0.2) is 11.8 Å². The van der Waals surface area contributed by atoms with E-state index in [1.807, 2.05) is 13.0 Å². The number of ether oxygens (including phenoxy) is 2. The van der Waals surface area contributed by atoms with Crippen LogP contribution < -0.4 is 4.74 Å². The van der Waals surface area contributed by atoms with Crippen LogP contribution in [0.15, 0.2) is 18.2 Å². The van der Waals surface area contributed by atoms with Crippen molar-refractivity contribution in [1.82, 2.24) is 0 Å². The summed E-state index contributed by atoms with van der Waals surface area (Å²) in [6, 6.07) is 4.26. The van der Waals surface area contributed by atoms with E-state index < -0.39 is 11.8 Å². The van der Waals surface area contributed by atoms with Crippen molar-refractivity contribution >= 4 is 39.2 Å². The molecule has 2 rings (SSSR count). The highest BCUT2D eigenvalue weighted by Crippen LogP contribution is 2.35. The molecular weight excluding hydrogens is 371 g/mol. The van der Waals surface area contributed by atoms with Crippen LogP contribution in [0, 0.1) is 0 Å². The molecule has 0 fully saturated rings. The molecule has 1 atom stereocenters. The molecule has 0 N–H and O–H groups in total. The molecule has 1 aromatic carbocycles. The minimum Gasteiger partial charge on any atom is -0.462 e. The van der Waals surface area contributed by atoms with Crippen molar-refractivity contribution in [2.24, 2.45) is 0 Å². The largest absolute Gasteiger partial charge is 0.462 e. The van der Waals surface area contributed by atoms with Gasteiger partial charge in [-0.2, -0.15) is 0 Å². The molecule has 0 saturated carbocycles. The molecule has 130 valence electrons. The fourth-order valence-electron chi connectivity index (χ4n) is 2.78. The highest BCUT2D eigenvalue weighted by Gasteiger charge is 2.32. The zero-order valence-corrected chi connectivity index (χ0v) is 17.1. The summed E-state index contributed by atoms with van der Waals surface area (Å²) in [5.74, 6) is 0.413. The number of fused-ring (bicyclic) bond motifs is 1. The van der Waals surface area contributed by atoms with Crippen LogP contribution >= 0.6 is 33.2 Å². The molecular formula is C17H25Cl3O2Si. The first-order valence-electron chi connectivity index (χ1n) is 8.33. The summed E-state index contributed by atoms with van der Waals surface area (Å²) < 4.78 is 12.1. The molecule has 0 aromatic heterocycles. The van der Waals surface area contributed by atoms with E-state index in [0.717, 1.165) is 30.6 Å². The Bertz CT molecular complexity index is 519. The fourth-order valence-corrected chi connectivity index (χ4v) is 4.20. The average molecular weight is 396 g/mol. The Hall–Kier alpha value is 0.0669. The van der Waals surface area contributed by atoms with Crippen LogP contribution in [-0.2, 0) is 17.8 Å². The number of benzene rings is 1. The molecule has 0 saturated heterocycles. The third-order valence-electron chi connectivity index (χ3n) is 4.17. The molecule has 0 spiro atoms. The first-order chi connectivity index (χ1) is 10.8. The van der Waals surface area contributed by atoms with E-state index in [1.165, 1.54) is 24.8 Å². The predicted octanol–water partition coefficient (Wildman–Crippen LogP) is 6.48. The molecule has 0 radical (unpaired) electrons. The zero-order chi connectivity index (χ0) is 16.9. The maximum absolute atomic E-state index is 6.11. The monoisotopic (exact) mass is 394 g/mol. The maximum atomic E-state index is 6.11. The summed E-state index contributed by atoms with van der Waals surface area (Å²) in [6.45, 7) is 4.83. The Balaban J connectivity index is 1.94. The van der Waals surface area contributed by atoms with Gasteiger partial charge in [-0.15, -0.1) is 33.2 Å². The number of unbranched alkanes of at least 4 members (excludes halogenated alkanes) is 3. The van der Waals surface area contributed by atoms with Crippen molar-refractivity contribution in [2.45, 2.75) is 70.8 Å². The van der Waals surface area contributed by atoms with Crippen molar-refractivity contribution < 1.29 is 9.47 Å². The Morgan fingerprint density at radius 3 is 2.65 bits per heavy atom. The van der Waals surface area contributed by atoms with Gasteiger partial charge in [-0.25, -0.2) is 0 Å². The van der Waals surface area contributed by atoms with Gasteiger partial charge in [-0.3, -0.25) is 0 Å². The molecule has 1 aromatic rings. The van der Waals surface area contributed by atoms with E-state index in [1.54, 1.807) is 0 Å². The van der Waals surface area contributed by atoms with E-state index in [9.17, 15) is 0 Å². The van der Waals surface area contributed by atoms with Gasteiger partial charge in [0.1, 0.15) is 5.75 Å². The minimum absolute atomic E-state index is 0.507. The van der Waals surface area contributed by atoms with Crippen molar-refractivity contribution in [2.75, 3.05) is 0 Å². The zero-order valence-electron chi connectivity index (χ0n) is 13.8. The van der Waals surface area contributed by atoms with Crippen LogP contribution in [0.25, 0.3) is 0 Å². The smallest absolute Gasteiger partial charge is 0.341 e. The van der Waals surface area contributed by atoms with E-state index in [2.05, 4.69) is 19.1 Å². The number of halogens is 3. The fraction of sp³-hybridized carbons (Fsp3) is 0.647. The van der Waals surface area contributed by atoms with E-state index in [4.69, 9.17) is 42.7 Å². The van der Waals surface area contributed by atoms with Gasteiger partial charge in [0, 0.05) is 18.9 Å². The first-order valence-corrected chi connectivity index (χ1v) is 13.6. The van der Waals surface area contributed by atoms with Gasteiger partial charge >= 0.3 is 6.00 Å². The first kappa shape index (κ1) is 19.4. The van der Waals surface area contributed by atoms with E-state index >= 15 is 0 Å². The number of hydrogen-bond donors (Lipinski definition) is 0. The number of rotatable bonds is 8. The lowest BCUT2D eigenvalue weighted by atomic mass is 10.0. The molecule has 1 aliphatic heterocycles. The van der Waals surface area contributed by atoms with Crippen LogP contribution in [0.3, 0.4) is 0 Å². The van der Waals surface area contributed by atoms with Crippen LogP contribution in [0.2, 0.25) is 6.04 Å². The molecule has 0 amide bonds. The third-order valence-corrected chi connectivity index (χ3v) is 6.68. The molecule has 23 heavy (non-hydrogen) atoms. The van der Waals surface area contributed by atoms with Crippen molar-refractivity contribution in [3.63, 3.8) is 0 Å².